The number of anilines is 1. The minimum absolute atomic E-state index is 0.0459. The lowest BCUT2D eigenvalue weighted by Crippen LogP contribution is -2.33. The Morgan fingerprint density at radius 1 is 1.24 bits per heavy atom. The van der Waals surface area contributed by atoms with Crippen LogP contribution in [0.25, 0.3) is 0 Å². The molecule has 1 aromatic rings. The molecule has 0 atom stereocenters. The minimum atomic E-state index is -4.47. The van der Waals surface area contributed by atoms with E-state index in [1.165, 1.54) is 12.1 Å². The van der Waals surface area contributed by atoms with Crippen molar-refractivity contribution in [2.75, 3.05) is 25.5 Å². The molecule has 0 heterocycles. The van der Waals surface area contributed by atoms with E-state index in [0.29, 0.717) is 11.3 Å². The Bertz CT molecular complexity index is 530. The van der Waals surface area contributed by atoms with Crippen LogP contribution >= 0.6 is 0 Å². The summed E-state index contributed by atoms with van der Waals surface area (Å²) in [5.74, 6) is -1.16. The molecular weight excluding hydrogens is 287 g/mol. The maximum Gasteiger partial charge on any atom is 0.405 e. The molecule has 0 bridgehead atoms. The zero-order chi connectivity index (χ0) is 16.0. The van der Waals surface area contributed by atoms with Crippen molar-refractivity contribution in [3.8, 4) is 0 Å². The van der Waals surface area contributed by atoms with Crippen molar-refractivity contribution in [3.05, 3.63) is 29.3 Å². The lowest BCUT2D eigenvalue weighted by Gasteiger charge is -2.12. The summed E-state index contributed by atoms with van der Waals surface area (Å²) in [6.45, 7) is 0.400. The number of carbonyl (C=O) groups is 2. The smallest absolute Gasteiger partial charge is 0.343 e. The number of benzene rings is 1. The average Bonchev–Trinajstić information content (AvgIpc) is 2.38. The third-order valence-electron chi connectivity index (χ3n) is 2.56. The fraction of sp³-hybridized carbons (Fsp3) is 0.385. The maximum absolute atomic E-state index is 12.1. The molecule has 1 rings (SSSR count). The number of aryl methyl sites for hydroxylation is 1. The van der Waals surface area contributed by atoms with E-state index in [1.807, 2.05) is 0 Å². The van der Waals surface area contributed by atoms with Crippen LogP contribution < -0.4 is 16.0 Å². The van der Waals surface area contributed by atoms with Gasteiger partial charge in [-0.1, -0.05) is 6.07 Å². The molecule has 0 aliphatic heterocycles. The van der Waals surface area contributed by atoms with Crippen LogP contribution in [0, 0.1) is 6.92 Å². The quantitative estimate of drug-likeness (QED) is 0.771. The fourth-order valence-corrected chi connectivity index (χ4v) is 1.54. The van der Waals surface area contributed by atoms with Gasteiger partial charge in [-0.15, -0.1) is 0 Å². The predicted octanol–water partition coefficient (Wildman–Crippen LogP) is 1.45. The van der Waals surface area contributed by atoms with Crippen molar-refractivity contribution >= 4 is 17.5 Å². The molecule has 0 aromatic heterocycles. The lowest BCUT2D eigenvalue weighted by atomic mass is 10.1. The molecule has 0 unspecified atom stereocenters. The highest BCUT2D eigenvalue weighted by Gasteiger charge is 2.27. The summed E-state index contributed by atoms with van der Waals surface area (Å²) in [5, 5.41) is 7.02. The summed E-state index contributed by atoms with van der Waals surface area (Å²) in [4.78, 5) is 23.1. The van der Waals surface area contributed by atoms with Crippen LogP contribution in [0.5, 0.6) is 0 Å². The largest absolute Gasteiger partial charge is 0.405 e. The van der Waals surface area contributed by atoms with E-state index in [0.717, 1.165) is 0 Å². The summed E-state index contributed by atoms with van der Waals surface area (Å²) in [6.07, 6.45) is -4.47. The Morgan fingerprint density at radius 2 is 1.90 bits per heavy atom. The van der Waals surface area contributed by atoms with Gasteiger partial charge < -0.3 is 16.0 Å². The van der Waals surface area contributed by atoms with Gasteiger partial charge in [-0.2, -0.15) is 13.2 Å². The first-order chi connectivity index (χ1) is 9.73. The van der Waals surface area contributed by atoms with E-state index in [9.17, 15) is 22.8 Å². The number of nitrogens with one attached hydrogen (secondary N) is 3. The predicted molar refractivity (Wildman–Crippen MR) is 72.1 cm³/mol. The van der Waals surface area contributed by atoms with Crippen molar-refractivity contribution < 1.29 is 22.8 Å². The molecule has 21 heavy (non-hydrogen) atoms. The van der Waals surface area contributed by atoms with Crippen molar-refractivity contribution in [3.63, 3.8) is 0 Å². The van der Waals surface area contributed by atoms with Gasteiger partial charge in [0.2, 0.25) is 5.91 Å². The molecule has 5 nitrogen and oxygen atoms in total. The molecule has 0 spiro atoms. The molecule has 8 heteroatoms. The highest BCUT2D eigenvalue weighted by atomic mass is 19.4. The van der Waals surface area contributed by atoms with E-state index < -0.39 is 18.6 Å². The highest BCUT2D eigenvalue weighted by molar-refractivity contribution is 5.98. The Hall–Kier alpha value is -2.09. The first-order valence-electron chi connectivity index (χ1n) is 6.13. The first kappa shape index (κ1) is 17.0. The van der Waals surface area contributed by atoms with Crippen LogP contribution in [0.15, 0.2) is 18.2 Å². The lowest BCUT2D eigenvalue weighted by molar-refractivity contribution is -0.123. The molecule has 0 radical (unpaired) electrons. The van der Waals surface area contributed by atoms with Crippen LogP contribution in [-0.4, -0.2) is 38.1 Å². The SMILES string of the molecule is CNCC(=O)Nc1cc(C(=O)NCC(F)(F)F)ccc1C. The van der Waals surface area contributed by atoms with Crippen molar-refractivity contribution in [1.29, 1.82) is 0 Å². The number of alkyl halides is 3. The Kier molecular flexibility index (Phi) is 5.71. The second-order valence-electron chi connectivity index (χ2n) is 4.41. The van der Waals surface area contributed by atoms with Crippen molar-refractivity contribution in [1.82, 2.24) is 10.6 Å². The molecule has 3 N–H and O–H groups in total. The van der Waals surface area contributed by atoms with Crippen LogP contribution in [-0.2, 0) is 4.79 Å². The van der Waals surface area contributed by atoms with Gasteiger partial charge in [0.15, 0.2) is 0 Å². The topological polar surface area (TPSA) is 70.2 Å². The average molecular weight is 303 g/mol. The Balaban J connectivity index is 2.81. The van der Waals surface area contributed by atoms with Crippen LogP contribution in [0.3, 0.4) is 0 Å². The number of likely N-dealkylation sites (N-methyl/N-ethyl adjacent to an activating group) is 1. The van der Waals surface area contributed by atoms with Crippen molar-refractivity contribution in [2.24, 2.45) is 0 Å². The van der Waals surface area contributed by atoms with E-state index in [4.69, 9.17) is 0 Å². The van der Waals surface area contributed by atoms with Gasteiger partial charge in [-0.3, -0.25) is 9.59 Å². The first-order valence-corrected chi connectivity index (χ1v) is 6.13. The van der Waals surface area contributed by atoms with Gasteiger partial charge in [0.1, 0.15) is 6.54 Å². The second-order valence-corrected chi connectivity index (χ2v) is 4.41. The van der Waals surface area contributed by atoms with Crippen LogP contribution in [0.4, 0.5) is 18.9 Å². The number of carbonyl (C=O) groups excluding carboxylic acids is 2. The maximum atomic E-state index is 12.1. The van der Waals surface area contributed by atoms with E-state index in [2.05, 4.69) is 10.6 Å². The standard InChI is InChI=1S/C13H16F3N3O2/c1-8-3-4-9(12(21)18-7-13(14,15)16)5-10(8)19-11(20)6-17-2/h3-5,17H,6-7H2,1-2H3,(H,18,21)(H,19,20). The van der Waals surface area contributed by atoms with Crippen molar-refractivity contribution in [2.45, 2.75) is 13.1 Å². The highest BCUT2D eigenvalue weighted by Crippen LogP contribution is 2.17. The zero-order valence-corrected chi connectivity index (χ0v) is 11.6. The summed E-state index contributed by atoms with van der Waals surface area (Å²) >= 11 is 0. The van der Waals surface area contributed by atoms with E-state index in [-0.39, 0.29) is 18.0 Å². The molecule has 0 aliphatic rings. The molecule has 0 aliphatic carbocycles. The number of amides is 2. The van der Waals surface area contributed by atoms with E-state index >= 15 is 0 Å². The summed E-state index contributed by atoms with van der Waals surface area (Å²) in [5.41, 5.74) is 1.13. The molecular formula is C13H16F3N3O2. The third kappa shape index (κ3) is 5.82. The Labute approximate surface area is 119 Å². The van der Waals surface area contributed by atoms with Gasteiger partial charge in [-0.25, -0.2) is 0 Å². The zero-order valence-electron chi connectivity index (χ0n) is 11.6. The molecule has 116 valence electrons. The minimum Gasteiger partial charge on any atom is -0.343 e. The molecule has 0 saturated carbocycles. The van der Waals surface area contributed by atoms with Gasteiger partial charge in [-0.05, 0) is 31.7 Å². The van der Waals surface area contributed by atoms with E-state index in [1.54, 1.807) is 25.4 Å². The molecule has 0 fully saturated rings. The number of hydrogen-bond acceptors (Lipinski definition) is 3. The summed E-state index contributed by atoms with van der Waals surface area (Å²) in [6, 6.07) is 4.29. The van der Waals surface area contributed by atoms with Gasteiger partial charge >= 0.3 is 6.18 Å². The second kappa shape index (κ2) is 7.07. The molecule has 0 saturated heterocycles. The van der Waals surface area contributed by atoms with Gasteiger partial charge in [0.25, 0.3) is 5.91 Å². The van der Waals surface area contributed by atoms with Gasteiger partial charge in [0.05, 0.1) is 6.54 Å². The monoisotopic (exact) mass is 303 g/mol. The number of rotatable bonds is 5. The Morgan fingerprint density at radius 3 is 2.48 bits per heavy atom. The number of halogens is 3. The van der Waals surface area contributed by atoms with Crippen LogP contribution in [0.2, 0.25) is 0 Å². The van der Waals surface area contributed by atoms with Gasteiger partial charge in [0, 0.05) is 11.3 Å². The summed E-state index contributed by atoms with van der Waals surface area (Å²) in [7, 11) is 1.60. The number of hydrogen-bond donors (Lipinski definition) is 3. The normalized spacial score (nSPS) is 11.1. The van der Waals surface area contributed by atoms with Crippen LogP contribution in [0.1, 0.15) is 15.9 Å². The summed E-state index contributed by atoms with van der Waals surface area (Å²) < 4.78 is 36.2. The molecule has 1 aromatic carbocycles. The molecule has 2 amide bonds. The third-order valence-corrected chi connectivity index (χ3v) is 2.56. The fourth-order valence-electron chi connectivity index (χ4n) is 1.54.